The fourth-order valence-electron chi connectivity index (χ4n) is 2.89. The van der Waals surface area contributed by atoms with Crippen molar-refractivity contribution in [2.75, 3.05) is 13.1 Å². The van der Waals surface area contributed by atoms with Crippen LogP contribution >= 0.6 is 11.3 Å². The lowest BCUT2D eigenvalue weighted by Crippen LogP contribution is -2.28. The number of thiazole rings is 1. The highest BCUT2D eigenvalue weighted by molar-refractivity contribution is 7.18. The van der Waals surface area contributed by atoms with Crippen LogP contribution in [0.1, 0.15) is 28.3 Å². The van der Waals surface area contributed by atoms with Crippen LogP contribution in [0.2, 0.25) is 0 Å². The number of carbonyl (C=O) groups excluding carboxylic acids is 1. The van der Waals surface area contributed by atoms with Gasteiger partial charge in [0.25, 0.3) is 5.91 Å². The van der Waals surface area contributed by atoms with Crippen LogP contribution in [0.5, 0.6) is 0 Å². The summed E-state index contributed by atoms with van der Waals surface area (Å²) in [6, 6.07) is 6.06. The molecule has 0 spiro atoms. The Bertz CT molecular complexity index is 883. The molecule has 3 heterocycles. The summed E-state index contributed by atoms with van der Waals surface area (Å²) in [5, 5.41) is 1.04. The second-order valence-electron chi connectivity index (χ2n) is 5.70. The molecule has 0 radical (unpaired) electrons. The van der Waals surface area contributed by atoms with Gasteiger partial charge in [-0.3, -0.25) is 9.78 Å². The molecule has 0 unspecified atom stereocenters. The highest BCUT2D eigenvalue weighted by Crippen LogP contribution is 2.26. The van der Waals surface area contributed by atoms with Crippen molar-refractivity contribution in [1.29, 1.82) is 0 Å². The monoisotopic (exact) mass is 324 g/mol. The molecule has 3 aromatic rings. The van der Waals surface area contributed by atoms with Crippen LogP contribution in [0.3, 0.4) is 0 Å². The van der Waals surface area contributed by atoms with Gasteiger partial charge in [-0.2, -0.15) is 0 Å². The van der Waals surface area contributed by atoms with Gasteiger partial charge in [-0.25, -0.2) is 9.97 Å². The van der Waals surface area contributed by atoms with E-state index in [0.29, 0.717) is 11.4 Å². The molecule has 0 N–H and O–H groups in total. The molecule has 0 bridgehead atoms. The minimum atomic E-state index is -0.0255. The van der Waals surface area contributed by atoms with Gasteiger partial charge >= 0.3 is 0 Å². The fourth-order valence-corrected chi connectivity index (χ4v) is 3.70. The summed E-state index contributed by atoms with van der Waals surface area (Å²) < 4.78 is 1.16. The smallest absolute Gasteiger partial charge is 0.274 e. The SMILES string of the molecule is Cc1nc2cc(-c3cncc(C(=O)N4CCCC4)n3)ccc2s1. The maximum absolute atomic E-state index is 12.5. The van der Waals surface area contributed by atoms with E-state index in [9.17, 15) is 4.79 Å². The predicted molar refractivity (Wildman–Crippen MR) is 90.5 cm³/mol. The summed E-state index contributed by atoms with van der Waals surface area (Å²) in [6.07, 6.45) is 5.38. The number of likely N-dealkylation sites (tertiary alicyclic amines) is 1. The van der Waals surface area contributed by atoms with Gasteiger partial charge in [0.15, 0.2) is 0 Å². The van der Waals surface area contributed by atoms with E-state index >= 15 is 0 Å². The molecule has 1 aliphatic heterocycles. The molecule has 6 heteroatoms. The molecule has 1 aliphatic rings. The van der Waals surface area contributed by atoms with Gasteiger partial charge in [-0.15, -0.1) is 11.3 Å². The van der Waals surface area contributed by atoms with E-state index < -0.39 is 0 Å². The van der Waals surface area contributed by atoms with Crippen molar-refractivity contribution in [3.63, 3.8) is 0 Å². The average Bonchev–Trinajstić information content (AvgIpc) is 3.22. The molecule has 1 fully saturated rings. The Morgan fingerprint density at radius 1 is 1.17 bits per heavy atom. The van der Waals surface area contributed by atoms with Crippen LogP contribution in [0.4, 0.5) is 0 Å². The maximum Gasteiger partial charge on any atom is 0.274 e. The van der Waals surface area contributed by atoms with Gasteiger partial charge in [0.05, 0.1) is 33.3 Å². The van der Waals surface area contributed by atoms with Crippen LogP contribution in [0.25, 0.3) is 21.5 Å². The third-order valence-corrected chi connectivity index (χ3v) is 4.99. The number of hydrogen-bond acceptors (Lipinski definition) is 5. The first kappa shape index (κ1) is 14.3. The molecule has 0 atom stereocenters. The number of benzene rings is 1. The average molecular weight is 324 g/mol. The topological polar surface area (TPSA) is 59.0 Å². The van der Waals surface area contributed by atoms with Gasteiger partial charge < -0.3 is 4.90 Å². The number of hydrogen-bond donors (Lipinski definition) is 0. The molecule has 1 aromatic carbocycles. The normalized spacial score (nSPS) is 14.6. The maximum atomic E-state index is 12.5. The van der Waals surface area contributed by atoms with Crippen molar-refractivity contribution in [3.05, 3.63) is 41.3 Å². The minimum absolute atomic E-state index is 0.0255. The number of aryl methyl sites for hydroxylation is 1. The van der Waals surface area contributed by atoms with Gasteiger partial charge in [-0.1, -0.05) is 6.07 Å². The highest BCUT2D eigenvalue weighted by atomic mass is 32.1. The van der Waals surface area contributed by atoms with E-state index in [1.807, 2.05) is 30.0 Å². The van der Waals surface area contributed by atoms with Crippen LogP contribution in [0.15, 0.2) is 30.6 Å². The standard InChI is InChI=1S/C17H16N4OS/c1-11-19-13-8-12(4-5-16(13)23-11)14-9-18-10-15(20-14)17(22)21-6-2-3-7-21/h4-5,8-10H,2-3,6-7H2,1H3. The number of fused-ring (bicyclic) bond motifs is 1. The molecular weight excluding hydrogens is 308 g/mol. The highest BCUT2D eigenvalue weighted by Gasteiger charge is 2.21. The zero-order chi connectivity index (χ0) is 15.8. The molecule has 1 amide bonds. The molecule has 1 saturated heterocycles. The van der Waals surface area contributed by atoms with E-state index in [1.165, 1.54) is 0 Å². The van der Waals surface area contributed by atoms with E-state index in [0.717, 1.165) is 46.7 Å². The molecule has 23 heavy (non-hydrogen) atoms. The Hall–Kier alpha value is -2.34. The Morgan fingerprint density at radius 2 is 2.00 bits per heavy atom. The first-order valence-electron chi connectivity index (χ1n) is 7.69. The van der Waals surface area contributed by atoms with Crippen LogP contribution in [0, 0.1) is 6.92 Å². The second kappa shape index (κ2) is 5.70. The van der Waals surface area contributed by atoms with E-state index in [4.69, 9.17) is 0 Å². The van der Waals surface area contributed by atoms with Gasteiger partial charge in [-0.05, 0) is 31.9 Å². The van der Waals surface area contributed by atoms with Crippen LogP contribution in [-0.4, -0.2) is 38.8 Å². The zero-order valence-corrected chi connectivity index (χ0v) is 13.6. The third-order valence-electron chi connectivity index (χ3n) is 4.04. The lowest BCUT2D eigenvalue weighted by molar-refractivity contribution is 0.0786. The summed E-state index contributed by atoms with van der Waals surface area (Å²) in [4.78, 5) is 27.6. The van der Waals surface area contributed by atoms with Crippen molar-refractivity contribution < 1.29 is 4.79 Å². The van der Waals surface area contributed by atoms with Crippen molar-refractivity contribution in [1.82, 2.24) is 19.9 Å². The molecule has 0 saturated carbocycles. The Balaban J connectivity index is 1.70. The molecule has 116 valence electrons. The summed E-state index contributed by atoms with van der Waals surface area (Å²) in [7, 11) is 0. The second-order valence-corrected chi connectivity index (χ2v) is 6.94. The van der Waals surface area contributed by atoms with Crippen molar-refractivity contribution >= 4 is 27.5 Å². The molecule has 0 aliphatic carbocycles. The molecule has 5 nitrogen and oxygen atoms in total. The fraction of sp³-hybridized carbons (Fsp3) is 0.294. The van der Waals surface area contributed by atoms with Crippen LogP contribution in [-0.2, 0) is 0 Å². The first-order chi connectivity index (χ1) is 11.2. The zero-order valence-electron chi connectivity index (χ0n) is 12.8. The van der Waals surface area contributed by atoms with E-state index in [1.54, 1.807) is 23.7 Å². The Kier molecular flexibility index (Phi) is 3.53. The number of rotatable bonds is 2. The van der Waals surface area contributed by atoms with E-state index in [2.05, 4.69) is 15.0 Å². The Morgan fingerprint density at radius 3 is 2.83 bits per heavy atom. The van der Waals surface area contributed by atoms with Crippen molar-refractivity contribution in [2.24, 2.45) is 0 Å². The van der Waals surface area contributed by atoms with Crippen molar-refractivity contribution in [3.8, 4) is 11.3 Å². The minimum Gasteiger partial charge on any atom is -0.337 e. The Labute approximate surface area is 138 Å². The third kappa shape index (κ3) is 2.70. The number of nitrogens with zero attached hydrogens (tertiary/aromatic N) is 4. The van der Waals surface area contributed by atoms with Crippen molar-refractivity contribution in [2.45, 2.75) is 19.8 Å². The van der Waals surface area contributed by atoms with Crippen LogP contribution < -0.4 is 0 Å². The lowest BCUT2D eigenvalue weighted by Gasteiger charge is -2.14. The van der Waals surface area contributed by atoms with Gasteiger partial charge in [0, 0.05) is 18.7 Å². The molecule has 4 rings (SSSR count). The van der Waals surface area contributed by atoms with E-state index in [-0.39, 0.29) is 5.91 Å². The first-order valence-corrected chi connectivity index (χ1v) is 8.51. The largest absolute Gasteiger partial charge is 0.337 e. The molecular formula is C17H16N4OS. The predicted octanol–water partition coefficient (Wildman–Crippen LogP) is 3.30. The summed E-state index contributed by atoms with van der Waals surface area (Å²) in [6.45, 7) is 3.63. The molecule has 2 aromatic heterocycles. The summed E-state index contributed by atoms with van der Waals surface area (Å²) in [5.74, 6) is -0.0255. The lowest BCUT2D eigenvalue weighted by atomic mass is 10.1. The summed E-state index contributed by atoms with van der Waals surface area (Å²) in [5.41, 5.74) is 3.02. The number of aromatic nitrogens is 3. The number of carbonyl (C=O) groups is 1. The van der Waals surface area contributed by atoms with Gasteiger partial charge in [0.2, 0.25) is 0 Å². The summed E-state index contributed by atoms with van der Waals surface area (Å²) >= 11 is 1.67. The van der Waals surface area contributed by atoms with Gasteiger partial charge in [0.1, 0.15) is 5.69 Å². The number of amides is 1. The quantitative estimate of drug-likeness (QED) is 0.726.